The van der Waals surface area contributed by atoms with E-state index in [1.165, 1.54) is 0 Å². The lowest BCUT2D eigenvalue weighted by Gasteiger charge is -2.08. The number of unbranched alkanes of at least 4 members (excludes halogenated alkanes) is 1. The molecule has 0 aliphatic carbocycles. The SMILES string of the molecule is CCCCC(=O)Nc1cc(C#N)ccc1C. The van der Waals surface area contributed by atoms with Gasteiger partial charge in [-0.2, -0.15) is 5.26 Å². The van der Waals surface area contributed by atoms with Crippen LogP contribution in [0.5, 0.6) is 0 Å². The Bertz CT molecular complexity index is 418. The number of carbonyl (C=O) groups is 1. The monoisotopic (exact) mass is 216 g/mol. The maximum Gasteiger partial charge on any atom is 0.224 e. The van der Waals surface area contributed by atoms with Crippen LogP contribution in [0.15, 0.2) is 18.2 Å². The Labute approximate surface area is 96.1 Å². The second-order valence-corrected chi connectivity index (χ2v) is 3.79. The van der Waals surface area contributed by atoms with E-state index < -0.39 is 0 Å². The molecule has 0 atom stereocenters. The number of hydrogen-bond acceptors (Lipinski definition) is 2. The molecular formula is C13H16N2O. The molecule has 0 spiro atoms. The smallest absolute Gasteiger partial charge is 0.224 e. The van der Waals surface area contributed by atoms with E-state index in [0.29, 0.717) is 12.0 Å². The van der Waals surface area contributed by atoms with Crippen LogP contribution in [0.1, 0.15) is 37.3 Å². The highest BCUT2D eigenvalue weighted by atomic mass is 16.1. The van der Waals surface area contributed by atoms with Crippen LogP contribution < -0.4 is 5.32 Å². The lowest BCUT2D eigenvalue weighted by Crippen LogP contribution is -2.12. The number of nitrogens with one attached hydrogen (secondary N) is 1. The van der Waals surface area contributed by atoms with Crippen molar-refractivity contribution in [3.63, 3.8) is 0 Å². The van der Waals surface area contributed by atoms with E-state index in [1.54, 1.807) is 12.1 Å². The average molecular weight is 216 g/mol. The predicted molar refractivity (Wildman–Crippen MR) is 64.0 cm³/mol. The van der Waals surface area contributed by atoms with E-state index in [-0.39, 0.29) is 5.91 Å². The molecule has 3 nitrogen and oxygen atoms in total. The van der Waals surface area contributed by atoms with E-state index in [4.69, 9.17) is 5.26 Å². The van der Waals surface area contributed by atoms with Crippen molar-refractivity contribution in [2.45, 2.75) is 33.1 Å². The summed E-state index contributed by atoms with van der Waals surface area (Å²) in [6.45, 7) is 3.96. The lowest BCUT2D eigenvalue weighted by molar-refractivity contribution is -0.116. The number of aryl methyl sites for hydroxylation is 1. The summed E-state index contributed by atoms with van der Waals surface area (Å²) in [7, 11) is 0. The van der Waals surface area contributed by atoms with Gasteiger partial charge in [-0.15, -0.1) is 0 Å². The van der Waals surface area contributed by atoms with Crippen LogP contribution >= 0.6 is 0 Å². The fourth-order valence-corrected chi connectivity index (χ4v) is 1.38. The Balaban J connectivity index is 2.73. The Morgan fingerprint density at radius 2 is 2.25 bits per heavy atom. The van der Waals surface area contributed by atoms with Gasteiger partial charge in [0.25, 0.3) is 0 Å². The van der Waals surface area contributed by atoms with Gasteiger partial charge in [0.1, 0.15) is 0 Å². The summed E-state index contributed by atoms with van der Waals surface area (Å²) in [6, 6.07) is 7.36. The standard InChI is InChI=1S/C13H16N2O/c1-3-4-5-13(16)15-12-8-11(9-14)7-6-10(12)2/h6-8H,3-5H2,1-2H3,(H,15,16). The van der Waals surface area contributed by atoms with Crippen molar-refractivity contribution in [1.82, 2.24) is 0 Å². The third-order valence-corrected chi connectivity index (χ3v) is 2.40. The second kappa shape index (κ2) is 5.92. The number of amides is 1. The Morgan fingerprint density at radius 1 is 1.50 bits per heavy atom. The Hall–Kier alpha value is -1.82. The molecule has 0 fully saturated rings. The molecule has 1 N–H and O–H groups in total. The molecule has 1 amide bonds. The van der Waals surface area contributed by atoms with Gasteiger partial charge in [-0.3, -0.25) is 4.79 Å². The molecule has 0 saturated carbocycles. The number of benzene rings is 1. The van der Waals surface area contributed by atoms with Gasteiger partial charge < -0.3 is 5.32 Å². The van der Waals surface area contributed by atoms with Crippen molar-refractivity contribution < 1.29 is 4.79 Å². The number of nitrogens with zero attached hydrogens (tertiary/aromatic N) is 1. The van der Waals surface area contributed by atoms with Gasteiger partial charge in [0, 0.05) is 12.1 Å². The van der Waals surface area contributed by atoms with Crippen molar-refractivity contribution in [1.29, 1.82) is 5.26 Å². The molecule has 0 aliphatic heterocycles. The van der Waals surface area contributed by atoms with Gasteiger partial charge in [0.2, 0.25) is 5.91 Å². The zero-order valence-electron chi connectivity index (χ0n) is 9.71. The summed E-state index contributed by atoms with van der Waals surface area (Å²) in [5.74, 6) is 0.0139. The summed E-state index contributed by atoms with van der Waals surface area (Å²) in [6.07, 6.45) is 2.43. The molecule has 0 bridgehead atoms. The van der Waals surface area contributed by atoms with Crippen LogP contribution in [0.2, 0.25) is 0 Å². The summed E-state index contributed by atoms with van der Waals surface area (Å²) in [5.41, 5.74) is 2.28. The van der Waals surface area contributed by atoms with Crippen LogP contribution in [0.4, 0.5) is 5.69 Å². The molecule has 0 heterocycles. The molecule has 1 aromatic carbocycles. The van der Waals surface area contributed by atoms with Crippen molar-refractivity contribution >= 4 is 11.6 Å². The minimum Gasteiger partial charge on any atom is -0.326 e. The largest absolute Gasteiger partial charge is 0.326 e. The zero-order valence-corrected chi connectivity index (χ0v) is 9.71. The van der Waals surface area contributed by atoms with Crippen LogP contribution in [0.25, 0.3) is 0 Å². The first-order valence-corrected chi connectivity index (χ1v) is 5.48. The molecule has 0 aliphatic rings. The van der Waals surface area contributed by atoms with E-state index in [9.17, 15) is 4.79 Å². The van der Waals surface area contributed by atoms with Crippen molar-refractivity contribution in [3.05, 3.63) is 29.3 Å². The molecule has 16 heavy (non-hydrogen) atoms. The average Bonchev–Trinajstić information content (AvgIpc) is 2.29. The minimum absolute atomic E-state index is 0.0139. The third kappa shape index (κ3) is 3.39. The van der Waals surface area contributed by atoms with Gasteiger partial charge in [-0.25, -0.2) is 0 Å². The molecule has 1 aromatic rings. The highest BCUT2D eigenvalue weighted by molar-refractivity contribution is 5.91. The predicted octanol–water partition coefficient (Wildman–Crippen LogP) is 3.00. The molecule has 0 aromatic heterocycles. The molecule has 3 heteroatoms. The summed E-state index contributed by atoms with van der Waals surface area (Å²) in [5, 5.41) is 11.6. The van der Waals surface area contributed by atoms with Crippen molar-refractivity contribution in [2.24, 2.45) is 0 Å². The zero-order chi connectivity index (χ0) is 12.0. The Kier molecular flexibility index (Phi) is 4.53. The third-order valence-electron chi connectivity index (χ3n) is 2.40. The fraction of sp³-hybridized carbons (Fsp3) is 0.385. The number of hydrogen-bond donors (Lipinski definition) is 1. The molecular weight excluding hydrogens is 200 g/mol. The number of nitriles is 1. The maximum absolute atomic E-state index is 11.5. The van der Waals surface area contributed by atoms with E-state index in [2.05, 4.69) is 18.3 Å². The van der Waals surface area contributed by atoms with Gasteiger partial charge in [0.05, 0.1) is 11.6 Å². The van der Waals surface area contributed by atoms with Gasteiger partial charge in [-0.05, 0) is 31.0 Å². The van der Waals surface area contributed by atoms with Gasteiger partial charge in [0.15, 0.2) is 0 Å². The van der Waals surface area contributed by atoms with Crippen LogP contribution in [-0.2, 0) is 4.79 Å². The minimum atomic E-state index is 0.0139. The topological polar surface area (TPSA) is 52.9 Å². The van der Waals surface area contributed by atoms with Crippen LogP contribution in [0, 0.1) is 18.3 Å². The summed E-state index contributed by atoms with van der Waals surface area (Å²) in [4.78, 5) is 11.5. The number of anilines is 1. The van der Waals surface area contributed by atoms with Crippen LogP contribution in [0.3, 0.4) is 0 Å². The highest BCUT2D eigenvalue weighted by Crippen LogP contribution is 2.16. The summed E-state index contributed by atoms with van der Waals surface area (Å²) < 4.78 is 0. The fourth-order valence-electron chi connectivity index (χ4n) is 1.38. The molecule has 0 radical (unpaired) electrons. The molecule has 0 unspecified atom stereocenters. The maximum atomic E-state index is 11.5. The van der Waals surface area contributed by atoms with Crippen molar-refractivity contribution in [3.8, 4) is 6.07 Å². The molecule has 1 rings (SSSR count). The number of rotatable bonds is 4. The normalized spacial score (nSPS) is 9.56. The molecule has 0 saturated heterocycles. The second-order valence-electron chi connectivity index (χ2n) is 3.79. The number of carbonyl (C=O) groups excluding carboxylic acids is 1. The van der Waals surface area contributed by atoms with E-state index in [1.807, 2.05) is 13.0 Å². The van der Waals surface area contributed by atoms with Crippen molar-refractivity contribution in [2.75, 3.05) is 5.32 Å². The first-order valence-electron chi connectivity index (χ1n) is 5.48. The van der Waals surface area contributed by atoms with Gasteiger partial charge >= 0.3 is 0 Å². The van der Waals surface area contributed by atoms with E-state index >= 15 is 0 Å². The highest BCUT2D eigenvalue weighted by Gasteiger charge is 2.04. The first kappa shape index (κ1) is 12.3. The van der Waals surface area contributed by atoms with Gasteiger partial charge in [-0.1, -0.05) is 19.4 Å². The first-order chi connectivity index (χ1) is 7.67. The quantitative estimate of drug-likeness (QED) is 0.841. The molecule has 84 valence electrons. The van der Waals surface area contributed by atoms with Crippen LogP contribution in [-0.4, -0.2) is 5.91 Å². The lowest BCUT2D eigenvalue weighted by atomic mass is 10.1. The summed E-state index contributed by atoms with van der Waals surface area (Å²) >= 11 is 0. The Morgan fingerprint density at radius 3 is 2.88 bits per heavy atom. The van der Waals surface area contributed by atoms with E-state index in [0.717, 1.165) is 24.1 Å².